The minimum absolute atomic E-state index is 0.0691. The first kappa shape index (κ1) is 15.6. The molecular formula is C12H14BrCl2NO2S. The molecule has 0 spiro atoms. The highest BCUT2D eigenvalue weighted by atomic mass is 79.9. The minimum atomic E-state index is -3.51. The molecule has 0 saturated heterocycles. The van der Waals surface area contributed by atoms with Crippen molar-refractivity contribution in [2.45, 2.75) is 29.5 Å². The first-order chi connectivity index (χ1) is 8.90. The zero-order chi connectivity index (χ0) is 14.0. The molecule has 1 aromatic carbocycles. The van der Waals surface area contributed by atoms with Crippen LogP contribution in [0.4, 0.5) is 0 Å². The van der Waals surface area contributed by atoms with Crippen LogP contribution in [-0.2, 0) is 10.0 Å². The first-order valence-electron chi connectivity index (χ1n) is 5.99. The molecule has 0 radical (unpaired) electrons. The second kappa shape index (κ2) is 6.31. The van der Waals surface area contributed by atoms with Gasteiger partial charge in [-0.3, -0.25) is 0 Å². The Kier molecular flexibility index (Phi) is 5.17. The fraction of sp³-hybridized carbons (Fsp3) is 0.500. The highest BCUT2D eigenvalue weighted by molar-refractivity contribution is 9.10. The molecule has 106 valence electrons. The molecule has 1 saturated carbocycles. The quantitative estimate of drug-likeness (QED) is 0.800. The van der Waals surface area contributed by atoms with Crippen LogP contribution >= 0.6 is 39.1 Å². The van der Waals surface area contributed by atoms with Crippen LogP contribution in [0.3, 0.4) is 0 Å². The lowest BCUT2D eigenvalue weighted by atomic mass is 10.1. The number of benzene rings is 1. The van der Waals surface area contributed by atoms with Gasteiger partial charge >= 0.3 is 0 Å². The van der Waals surface area contributed by atoms with Crippen molar-refractivity contribution in [2.24, 2.45) is 5.92 Å². The predicted molar refractivity (Wildman–Crippen MR) is 81.3 cm³/mol. The van der Waals surface area contributed by atoms with Gasteiger partial charge in [0, 0.05) is 16.4 Å². The van der Waals surface area contributed by atoms with Gasteiger partial charge < -0.3 is 0 Å². The molecule has 1 aliphatic rings. The number of alkyl halides is 1. The summed E-state index contributed by atoms with van der Waals surface area (Å²) in [6, 6.07) is 4.54. The number of sulfonamides is 1. The van der Waals surface area contributed by atoms with Crippen LogP contribution in [0, 0.1) is 5.92 Å². The topological polar surface area (TPSA) is 46.2 Å². The zero-order valence-corrected chi connectivity index (χ0v) is 14.0. The van der Waals surface area contributed by atoms with Crippen molar-refractivity contribution in [3.05, 3.63) is 27.7 Å². The number of hydrogen-bond acceptors (Lipinski definition) is 2. The summed E-state index contributed by atoms with van der Waals surface area (Å²) in [5.41, 5.74) is 0. The van der Waals surface area contributed by atoms with E-state index in [-0.39, 0.29) is 16.2 Å². The van der Waals surface area contributed by atoms with Crippen molar-refractivity contribution in [2.75, 3.05) is 6.54 Å². The van der Waals surface area contributed by atoms with Crippen molar-refractivity contribution in [1.29, 1.82) is 0 Å². The van der Waals surface area contributed by atoms with Crippen molar-refractivity contribution < 1.29 is 8.42 Å². The Hall–Kier alpha value is 0.190. The molecule has 2 rings (SSSR count). The molecule has 0 bridgehead atoms. The van der Waals surface area contributed by atoms with Crippen molar-refractivity contribution in [3.63, 3.8) is 0 Å². The zero-order valence-electron chi connectivity index (χ0n) is 10.1. The summed E-state index contributed by atoms with van der Waals surface area (Å²) in [5, 5.41) is 0.551. The summed E-state index contributed by atoms with van der Waals surface area (Å²) in [6.45, 7) is 0.386. The van der Waals surface area contributed by atoms with Crippen molar-refractivity contribution in [3.8, 4) is 0 Å². The Bertz CT molecular complexity index is 565. The molecule has 0 heterocycles. The molecule has 1 fully saturated rings. The molecule has 3 nitrogen and oxygen atoms in total. The van der Waals surface area contributed by atoms with Crippen molar-refractivity contribution >= 4 is 49.2 Å². The fourth-order valence-corrected chi connectivity index (χ4v) is 4.30. The molecule has 1 aliphatic carbocycles. The van der Waals surface area contributed by atoms with E-state index in [4.69, 9.17) is 23.2 Å². The van der Waals surface area contributed by atoms with Crippen molar-refractivity contribution in [1.82, 2.24) is 4.72 Å². The van der Waals surface area contributed by atoms with Gasteiger partial charge in [0.1, 0.15) is 0 Å². The molecule has 19 heavy (non-hydrogen) atoms. The Balaban J connectivity index is 2.07. The van der Waals surface area contributed by atoms with Crippen LogP contribution < -0.4 is 4.72 Å². The maximum Gasteiger partial charge on any atom is 0.240 e. The van der Waals surface area contributed by atoms with Gasteiger partial charge in [-0.2, -0.15) is 0 Å². The van der Waals surface area contributed by atoms with Gasteiger partial charge in [-0.05, 0) is 52.9 Å². The lowest BCUT2D eigenvalue weighted by Gasteiger charge is -2.14. The lowest BCUT2D eigenvalue weighted by Crippen LogP contribution is -2.31. The lowest BCUT2D eigenvalue weighted by molar-refractivity contribution is 0.523. The smallest absolute Gasteiger partial charge is 0.211 e. The third kappa shape index (κ3) is 3.85. The number of hydrogen-bond donors (Lipinski definition) is 1. The number of nitrogens with one attached hydrogen (secondary N) is 1. The number of halogens is 3. The maximum atomic E-state index is 12.1. The normalized spacial score (nSPS) is 23.7. The predicted octanol–water partition coefficient (Wildman–Crippen LogP) is 3.79. The van der Waals surface area contributed by atoms with E-state index in [0.717, 1.165) is 19.3 Å². The van der Waals surface area contributed by atoms with Crippen LogP contribution in [0.25, 0.3) is 0 Å². The van der Waals surface area contributed by atoms with E-state index in [1.807, 2.05) is 0 Å². The molecule has 0 amide bonds. The molecule has 1 N–H and O–H groups in total. The second-order valence-electron chi connectivity index (χ2n) is 4.63. The van der Waals surface area contributed by atoms with Gasteiger partial charge in [0.15, 0.2) is 0 Å². The van der Waals surface area contributed by atoms with E-state index in [1.54, 1.807) is 6.07 Å². The summed E-state index contributed by atoms with van der Waals surface area (Å²) >= 11 is 15.2. The molecule has 0 aliphatic heterocycles. The van der Waals surface area contributed by atoms with Gasteiger partial charge in [0.05, 0.1) is 9.92 Å². The molecule has 2 unspecified atom stereocenters. The van der Waals surface area contributed by atoms with Crippen LogP contribution in [0.1, 0.15) is 19.3 Å². The number of rotatable bonds is 4. The van der Waals surface area contributed by atoms with Gasteiger partial charge in [0.2, 0.25) is 10.0 Å². The largest absolute Gasteiger partial charge is 0.240 e. The fourth-order valence-electron chi connectivity index (χ4n) is 2.17. The van der Waals surface area contributed by atoms with Gasteiger partial charge in [-0.15, -0.1) is 11.6 Å². The third-order valence-corrected chi connectivity index (χ3v) is 6.51. The van der Waals surface area contributed by atoms with Crippen LogP contribution in [0.15, 0.2) is 27.6 Å². The Morgan fingerprint density at radius 2 is 2.11 bits per heavy atom. The van der Waals surface area contributed by atoms with E-state index >= 15 is 0 Å². The van der Waals surface area contributed by atoms with E-state index in [0.29, 0.717) is 16.0 Å². The maximum absolute atomic E-state index is 12.1. The van der Waals surface area contributed by atoms with E-state index < -0.39 is 10.0 Å². The Morgan fingerprint density at radius 3 is 2.68 bits per heavy atom. The Labute approximate surface area is 131 Å². The monoisotopic (exact) mass is 385 g/mol. The average Bonchev–Trinajstić information content (AvgIpc) is 2.76. The highest BCUT2D eigenvalue weighted by Gasteiger charge is 2.27. The molecular weight excluding hydrogens is 373 g/mol. The second-order valence-corrected chi connectivity index (χ2v) is 8.22. The molecule has 2 atom stereocenters. The molecule has 1 aromatic rings. The average molecular weight is 387 g/mol. The first-order valence-corrected chi connectivity index (χ1v) is 9.08. The summed E-state index contributed by atoms with van der Waals surface area (Å²) < 4.78 is 27.5. The van der Waals surface area contributed by atoms with Crippen LogP contribution in [0.2, 0.25) is 5.02 Å². The van der Waals surface area contributed by atoms with E-state index in [1.165, 1.54) is 12.1 Å². The Morgan fingerprint density at radius 1 is 1.37 bits per heavy atom. The minimum Gasteiger partial charge on any atom is -0.211 e. The molecule has 7 heteroatoms. The van der Waals surface area contributed by atoms with E-state index in [9.17, 15) is 8.42 Å². The summed E-state index contributed by atoms with van der Waals surface area (Å²) in [7, 11) is -3.51. The summed E-state index contributed by atoms with van der Waals surface area (Å²) in [6.07, 6.45) is 2.99. The third-order valence-electron chi connectivity index (χ3n) is 3.30. The van der Waals surface area contributed by atoms with Crippen LogP contribution in [-0.4, -0.2) is 20.3 Å². The standard InChI is InChI=1S/C12H14BrCl2NO2S/c13-10-6-9(4-5-12(10)15)19(17,18)16-7-8-2-1-3-11(8)14/h4-6,8,11,16H,1-3,7H2. The van der Waals surface area contributed by atoms with Gasteiger partial charge in [0.25, 0.3) is 0 Å². The van der Waals surface area contributed by atoms with Crippen LogP contribution in [0.5, 0.6) is 0 Å². The van der Waals surface area contributed by atoms with E-state index in [2.05, 4.69) is 20.7 Å². The van der Waals surface area contributed by atoms with Gasteiger partial charge in [-0.1, -0.05) is 18.0 Å². The SMILES string of the molecule is O=S(=O)(NCC1CCCC1Cl)c1ccc(Cl)c(Br)c1. The summed E-state index contributed by atoms with van der Waals surface area (Å²) in [4.78, 5) is 0.202. The van der Waals surface area contributed by atoms with Gasteiger partial charge in [-0.25, -0.2) is 13.1 Å². The highest BCUT2D eigenvalue weighted by Crippen LogP contribution is 2.30. The summed E-state index contributed by atoms with van der Waals surface area (Å²) in [5.74, 6) is 0.215. The molecule has 0 aromatic heterocycles.